The number of nitrogens with one attached hydrogen (secondary N) is 1. The molecule has 0 bridgehead atoms. The van der Waals surface area contributed by atoms with E-state index in [0.29, 0.717) is 5.69 Å². The van der Waals surface area contributed by atoms with E-state index in [4.69, 9.17) is 0 Å². The Kier molecular flexibility index (Phi) is 4.90. The highest BCUT2D eigenvalue weighted by atomic mass is 16.6. The summed E-state index contributed by atoms with van der Waals surface area (Å²) in [4.78, 5) is 12.6. The molecule has 0 unspecified atom stereocenters. The van der Waals surface area contributed by atoms with Crippen LogP contribution in [0.2, 0.25) is 0 Å². The van der Waals surface area contributed by atoms with Gasteiger partial charge in [-0.1, -0.05) is 6.07 Å². The van der Waals surface area contributed by atoms with Gasteiger partial charge >= 0.3 is 0 Å². The third-order valence-electron chi connectivity index (χ3n) is 2.66. The maximum atomic E-state index is 11.0. The van der Waals surface area contributed by atoms with Crippen LogP contribution in [-0.4, -0.2) is 32.1 Å². The van der Waals surface area contributed by atoms with Gasteiger partial charge in [0.2, 0.25) is 0 Å². The van der Waals surface area contributed by atoms with Crippen molar-refractivity contribution in [3.8, 4) is 0 Å². The maximum Gasteiger partial charge on any atom is 0.292 e. The number of hydrogen-bond acceptors (Lipinski definition) is 4. The third-order valence-corrected chi connectivity index (χ3v) is 2.66. The molecule has 1 N–H and O–H groups in total. The van der Waals surface area contributed by atoms with Crippen LogP contribution in [0.5, 0.6) is 0 Å². The SMILES string of the molecule is CNCCCN(C)c1ccc(C)cc1[N+](=O)[O-]. The number of nitro groups is 1. The first-order valence-corrected chi connectivity index (χ1v) is 5.67. The first-order valence-electron chi connectivity index (χ1n) is 5.67. The van der Waals surface area contributed by atoms with Gasteiger partial charge in [0.1, 0.15) is 5.69 Å². The predicted octanol–water partition coefficient (Wildman–Crippen LogP) is 1.95. The molecule has 0 fully saturated rings. The fourth-order valence-corrected chi connectivity index (χ4v) is 1.72. The zero-order valence-corrected chi connectivity index (χ0v) is 10.6. The Morgan fingerprint density at radius 2 is 2.18 bits per heavy atom. The van der Waals surface area contributed by atoms with Crippen molar-refractivity contribution in [2.45, 2.75) is 13.3 Å². The van der Waals surface area contributed by atoms with Gasteiger partial charge in [0.15, 0.2) is 0 Å². The van der Waals surface area contributed by atoms with Crippen LogP contribution in [0.25, 0.3) is 0 Å². The monoisotopic (exact) mass is 237 g/mol. The average molecular weight is 237 g/mol. The van der Waals surface area contributed by atoms with Gasteiger partial charge in [-0.2, -0.15) is 0 Å². The molecule has 94 valence electrons. The van der Waals surface area contributed by atoms with E-state index in [2.05, 4.69) is 5.32 Å². The lowest BCUT2D eigenvalue weighted by Crippen LogP contribution is -2.23. The van der Waals surface area contributed by atoms with Crippen LogP contribution in [0.3, 0.4) is 0 Å². The molecule has 0 amide bonds. The number of rotatable bonds is 6. The summed E-state index contributed by atoms with van der Waals surface area (Å²) < 4.78 is 0. The van der Waals surface area contributed by atoms with Gasteiger partial charge in [-0.3, -0.25) is 10.1 Å². The van der Waals surface area contributed by atoms with Crippen molar-refractivity contribution in [1.29, 1.82) is 0 Å². The molecule has 0 aliphatic rings. The summed E-state index contributed by atoms with van der Waals surface area (Å²) >= 11 is 0. The van der Waals surface area contributed by atoms with Gasteiger partial charge < -0.3 is 10.2 Å². The van der Waals surface area contributed by atoms with Crippen LogP contribution in [0, 0.1) is 17.0 Å². The quantitative estimate of drug-likeness (QED) is 0.467. The van der Waals surface area contributed by atoms with Gasteiger partial charge in [-0.05, 0) is 38.6 Å². The van der Waals surface area contributed by atoms with E-state index in [1.807, 2.05) is 38.1 Å². The Labute approximate surface area is 102 Å². The third kappa shape index (κ3) is 3.71. The second-order valence-corrected chi connectivity index (χ2v) is 4.13. The summed E-state index contributed by atoms with van der Waals surface area (Å²) in [6.45, 7) is 3.56. The van der Waals surface area contributed by atoms with Crippen molar-refractivity contribution in [1.82, 2.24) is 5.32 Å². The molecule has 0 saturated carbocycles. The van der Waals surface area contributed by atoms with E-state index in [-0.39, 0.29) is 10.6 Å². The molecular formula is C12H19N3O2. The second kappa shape index (κ2) is 6.20. The van der Waals surface area contributed by atoms with E-state index in [9.17, 15) is 10.1 Å². The number of nitro benzene ring substituents is 1. The summed E-state index contributed by atoms with van der Waals surface area (Å²) in [5.74, 6) is 0. The van der Waals surface area contributed by atoms with E-state index in [0.717, 1.165) is 25.1 Å². The molecule has 0 aliphatic heterocycles. The molecule has 0 aromatic heterocycles. The van der Waals surface area contributed by atoms with Crippen molar-refractivity contribution in [3.05, 3.63) is 33.9 Å². The molecule has 1 rings (SSSR count). The van der Waals surface area contributed by atoms with E-state index in [1.165, 1.54) is 0 Å². The molecule has 0 atom stereocenters. The minimum absolute atomic E-state index is 0.178. The molecule has 1 aromatic rings. The van der Waals surface area contributed by atoms with Crippen LogP contribution in [0.4, 0.5) is 11.4 Å². The molecule has 5 heteroatoms. The normalized spacial score (nSPS) is 10.3. The lowest BCUT2D eigenvalue weighted by molar-refractivity contribution is -0.384. The van der Waals surface area contributed by atoms with Crippen LogP contribution < -0.4 is 10.2 Å². The highest BCUT2D eigenvalue weighted by Crippen LogP contribution is 2.28. The average Bonchev–Trinajstić information content (AvgIpc) is 2.29. The Balaban J connectivity index is 2.84. The zero-order chi connectivity index (χ0) is 12.8. The highest BCUT2D eigenvalue weighted by molar-refractivity contribution is 5.63. The van der Waals surface area contributed by atoms with Crippen molar-refractivity contribution >= 4 is 11.4 Å². The Bertz CT molecular complexity index is 393. The predicted molar refractivity (Wildman–Crippen MR) is 69.6 cm³/mol. The number of benzene rings is 1. The van der Waals surface area contributed by atoms with Gasteiger partial charge in [0, 0.05) is 19.7 Å². The molecule has 0 spiro atoms. The number of aryl methyl sites for hydroxylation is 1. The van der Waals surface area contributed by atoms with Crippen molar-refractivity contribution in [3.63, 3.8) is 0 Å². The Morgan fingerprint density at radius 3 is 2.76 bits per heavy atom. The summed E-state index contributed by atoms with van der Waals surface area (Å²) in [5, 5.41) is 14.0. The summed E-state index contributed by atoms with van der Waals surface area (Å²) in [7, 11) is 3.78. The molecule has 0 saturated heterocycles. The lowest BCUT2D eigenvalue weighted by atomic mass is 10.2. The van der Waals surface area contributed by atoms with E-state index >= 15 is 0 Å². The maximum absolute atomic E-state index is 11.0. The molecule has 1 aromatic carbocycles. The van der Waals surface area contributed by atoms with E-state index < -0.39 is 0 Å². The number of anilines is 1. The summed E-state index contributed by atoms with van der Waals surface area (Å²) in [5.41, 5.74) is 1.76. The zero-order valence-electron chi connectivity index (χ0n) is 10.6. The van der Waals surface area contributed by atoms with Crippen LogP contribution >= 0.6 is 0 Å². The topological polar surface area (TPSA) is 58.4 Å². The van der Waals surface area contributed by atoms with Gasteiger partial charge in [0.05, 0.1) is 4.92 Å². The van der Waals surface area contributed by atoms with Crippen LogP contribution in [0.15, 0.2) is 18.2 Å². The molecule has 17 heavy (non-hydrogen) atoms. The van der Waals surface area contributed by atoms with Crippen molar-refractivity contribution < 1.29 is 4.92 Å². The number of nitrogens with zero attached hydrogens (tertiary/aromatic N) is 2. The standard InChI is InChI=1S/C12H19N3O2/c1-10-5-6-11(12(9-10)15(16)17)14(3)8-4-7-13-2/h5-6,9,13H,4,7-8H2,1-3H3. The summed E-state index contributed by atoms with van der Waals surface area (Å²) in [6.07, 6.45) is 0.956. The molecule has 0 radical (unpaired) electrons. The van der Waals surface area contributed by atoms with Gasteiger partial charge in [0.25, 0.3) is 5.69 Å². The fourth-order valence-electron chi connectivity index (χ4n) is 1.72. The smallest absolute Gasteiger partial charge is 0.292 e. The van der Waals surface area contributed by atoms with Crippen molar-refractivity contribution in [2.24, 2.45) is 0 Å². The van der Waals surface area contributed by atoms with Gasteiger partial charge in [-0.15, -0.1) is 0 Å². The van der Waals surface area contributed by atoms with Crippen LogP contribution in [-0.2, 0) is 0 Å². The Hall–Kier alpha value is -1.62. The van der Waals surface area contributed by atoms with Crippen LogP contribution in [0.1, 0.15) is 12.0 Å². The highest BCUT2D eigenvalue weighted by Gasteiger charge is 2.16. The first kappa shape index (κ1) is 13.4. The minimum atomic E-state index is -0.323. The van der Waals surface area contributed by atoms with Gasteiger partial charge in [-0.25, -0.2) is 0 Å². The molecule has 0 aliphatic carbocycles. The largest absolute Gasteiger partial charge is 0.369 e. The Morgan fingerprint density at radius 1 is 1.47 bits per heavy atom. The molecule has 0 heterocycles. The molecule has 5 nitrogen and oxygen atoms in total. The second-order valence-electron chi connectivity index (χ2n) is 4.13. The van der Waals surface area contributed by atoms with Crippen molar-refractivity contribution in [2.75, 3.05) is 32.1 Å². The number of hydrogen-bond donors (Lipinski definition) is 1. The summed E-state index contributed by atoms with van der Waals surface area (Å²) in [6, 6.07) is 5.33. The first-order chi connectivity index (χ1) is 8.06. The fraction of sp³-hybridized carbons (Fsp3) is 0.500. The lowest BCUT2D eigenvalue weighted by Gasteiger charge is -2.19. The molecular weight excluding hydrogens is 218 g/mol. The van der Waals surface area contributed by atoms with E-state index in [1.54, 1.807) is 6.07 Å². The minimum Gasteiger partial charge on any atom is -0.369 e.